The molecule has 2 bridgehead atoms. The number of benzene rings is 2. The van der Waals surface area contributed by atoms with Crippen molar-refractivity contribution in [1.29, 1.82) is 0 Å². The summed E-state index contributed by atoms with van der Waals surface area (Å²) in [6, 6.07) is 19.6. The van der Waals surface area contributed by atoms with E-state index in [1.165, 1.54) is 30.6 Å². The van der Waals surface area contributed by atoms with Crippen LogP contribution in [0.3, 0.4) is 0 Å². The fourth-order valence-corrected chi connectivity index (χ4v) is 7.46. The van der Waals surface area contributed by atoms with Gasteiger partial charge < -0.3 is 4.43 Å². The van der Waals surface area contributed by atoms with Crippen molar-refractivity contribution in [2.24, 2.45) is 0 Å². The third-order valence-electron chi connectivity index (χ3n) is 7.94. The lowest BCUT2D eigenvalue weighted by Gasteiger charge is -2.41. The summed E-state index contributed by atoms with van der Waals surface area (Å²) in [5.74, 6) is 1.12. The molecule has 5 heteroatoms. The minimum Gasteiger partial charge on any atom is -0.544 e. The number of carbonyl (C=O) groups is 1. The van der Waals surface area contributed by atoms with Crippen LogP contribution in [-0.4, -0.2) is 42.4 Å². The van der Waals surface area contributed by atoms with Crippen LogP contribution in [0.2, 0.25) is 18.1 Å². The van der Waals surface area contributed by atoms with E-state index in [4.69, 9.17) is 4.43 Å². The Hall–Kier alpha value is -1.56. The molecular formula is C28H39NO2SSi. The number of rotatable bonds is 7. The van der Waals surface area contributed by atoms with Crippen LogP contribution < -0.4 is 4.43 Å². The normalized spacial score (nSPS) is 24.5. The molecule has 2 heterocycles. The molecule has 0 saturated carbocycles. The van der Waals surface area contributed by atoms with Gasteiger partial charge in [-0.1, -0.05) is 39.0 Å². The zero-order valence-corrected chi connectivity index (χ0v) is 22.8. The largest absolute Gasteiger partial charge is 0.544 e. The van der Waals surface area contributed by atoms with Crippen molar-refractivity contribution >= 4 is 25.9 Å². The lowest BCUT2D eigenvalue weighted by molar-refractivity contribution is 0.0650. The standard InChI is InChI=1S/C28H39NO2SSi/c1-20(27(30)21-12-16-24(17-13-21)31-33(5,6)28(2,3)4)29-22-14-15-23(29)19-26(18-22)32-25-10-8-7-9-11-25/h7-13,16-17,20,22-23,26H,14-15,18-19H2,1-6H3. The van der Waals surface area contributed by atoms with Gasteiger partial charge in [-0.2, -0.15) is 0 Å². The molecule has 3 nitrogen and oxygen atoms in total. The molecule has 0 aromatic heterocycles. The highest BCUT2D eigenvalue weighted by atomic mass is 32.2. The first-order valence-electron chi connectivity index (χ1n) is 12.4. The summed E-state index contributed by atoms with van der Waals surface area (Å²) >= 11 is 2.02. The summed E-state index contributed by atoms with van der Waals surface area (Å²) in [6.45, 7) is 13.4. The molecule has 33 heavy (non-hydrogen) atoms. The first-order chi connectivity index (χ1) is 15.5. The van der Waals surface area contributed by atoms with Gasteiger partial charge in [0.2, 0.25) is 8.32 Å². The number of piperidine rings is 1. The predicted octanol–water partition coefficient (Wildman–Crippen LogP) is 7.43. The van der Waals surface area contributed by atoms with Gasteiger partial charge in [-0.25, -0.2) is 0 Å². The first kappa shape index (κ1) is 24.6. The molecule has 0 aliphatic carbocycles. The van der Waals surface area contributed by atoms with E-state index in [-0.39, 0.29) is 16.9 Å². The summed E-state index contributed by atoms with van der Waals surface area (Å²) < 4.78 is 6.40. The van der Waals surface area contributed by atoms with Crippen LogP contribution >= 0.6 is 11.8 Å². The molecule has 2 aliphatic rings. The van der Waals surface area contributed by atoms with Gasteiger partial charge in [-0.05, 0) is 87.1 Å². The second kappa shape index (κ2) is 9.59. The van der Waals surface area contributed by atoms with E-state index in [9.17, 15) is 4.79 Å². The van der Waals surface area contributed by atoms with E-state index in [1.54, 1.807) is 0 Å². The van der Waals surface area contributed by atoms with Crippen molar-refractivity contribution in [3.05, 3.63) is 60.2 Å². The van der Waals surface area contributed by atoms with Crippen molar-refractivity contribution in [2.75, 3.05) is 0 Å². The van der Waals surface area contributed by atoms with E-state index in [2.05, 4.69) is 76.0 Å². The van der Waals surface area contributed by atoms with Gasteiger partial charge in [0.15, 0.2) is 5.78 Å². The Morgan fingerprint density at radius 3 is 2.12 bits per heavy atom. The number of hydrogen-bond donors (Lipinski definition) is 0. The first-order valence-corrected chi connectivity index (χ1v) is 16.2. The summed E-state index contributed by atoms with van der Waals surface area (Å²) in [5.41, 5.74) is 0.797. The maximum absolute atomic E-state index is 13.4. The average Bonchev–Trinajstić information content (AvgIpc) is 3.03. The van der Waals surface area contributed by atoms with Crippen LogP contribution in [0.4, 0.5) is 0 Å². The van der Waals surface area contributed by atoms with Crippen LogP contribution in [0.5, 0.6) is 5.75 Å². The number of fused-ring (bicyclic) bond motifs is 2. The van der Waals surface area contributed by atoms with Crippen LogP contribution in [-0.2, 0) is 0 Å². The molecule has 3 atom stereocenters. The fourth-order valence-electron chi connectivity index (χ4n) is 5.10. The third-order valence-corrected chi connectivity index (χ3v) is 13.6. The lowest BCUT2D eigenvalue weighted by atomic mass is 9.96. The van der Waals surface area contributed by atoms with E-state index < -0.39 is 8.32 Å². The Kier molecular flexibility index (Phi) is 7.14. The maximum Gasteiger partial charge on any atom is 0.250 e. The van der Waals surface area contributed by atoms with Crippen molar-refractivity contribution < 1.29 is 9.22 Å². The van der Waals surface area contributed by atoms with Gasteiger partial charge in [0.25, 0.3) is 0 Å². The Morgan fingerprint density at radius 2 is 1.58 bits per heavy atom. The molecular weight excluding hydrogens is 442 g/mol. The molecule has 3 unspecified atom stereocenters. The van der Waals surface area contributed by atoms with Crippen LogP contribution in [0, 0.1) is 0 Å². The Bertz CT molecular complexity index is 940. The van der Waals surface area contributed by atoms with Gasteiger partial charge >= 0.3 is 0 Å². The van der Waals surface area contributed by atoms with Gasteiger partial charge in [0, 0.05) is 27.8 Å². The third kappa shape index (κ3) is 5.41. The summed E-state index contributed by atoms with van der Waals surface area (Å²) in [5, 5.41) is 0.801. The highest BCUT2D eigenvalue weighted by Gasteiger charge is 2.44. The monoisotopic (exact) mass is 481 g/mol. The Morgan fingerprint density at radius 1 is 1.00 bits per heavy atom. The molecule has 2 saturated heterocycles. The lowest BCUT2D eigenvalue weighted by Crippen LogP contribution is -2.51. The maximum atomic E-state index is 13.4. The molecule has 0 N–H and O–H groups in total. The zero-order chi connectivity index (χ0) is 23.8. The molecule has 0 radical (unpaired) electrons. The van der Waals surface area contributed by atoms with Gasteiger partial charge in [-0.3, -0.25) is 9.69 Å². The second-order valence-electron chi connectivity index (χ2n) is 11.3. The van der Waals surface area contributed by atoms with Crippen molar-refractivity contribution in [1.82, 2.24) is 4.90 Å². The predicted molar refractivity (Wildman–Crippen MR) is 142 cm³/mol. The molecule has 2 aromatic carbocycles. The molecule has 0 spiro atoms. The Balaban J connectivity index is 1.39. The van der Waals surface area contributed by atoms with E-state index in [0.29, 0.717) is 17.3 Å². The van der Waals surface area contributed by atoms with E-state index in [0.717, 1.165) is 11.3 Å². The molecule has 178 valence electrons. The number of hydrogen-bond acceptors (Lipinski definition) is 4. The SMILES string of the molecule is CC(C(=O)c1ccc(O[Si](C)(C)C(C)(C)C)cc1)N1C2CCC1CC(Sc1ccccc1)C2. The van der Waals surface area contributed by atoms with Gasteiger partial charge in [0.05, 0.1) is 6.04 Å². The minimum absolute atomic E-state index is 0.0719. The Labute approximate surface area is 205 Å². The number of ketones is 1. The molecule has 2 fully saturated rings. The fraction of sp³-hybridized carbons (Fsp3) is 0.536. The van der Waals surface area contributed by atoms with Crippen molar-refractivity contribution in [3.8, 4) is 5.75 Å². The number of Topliss-reactive ketones (excluding diaryl/α,β-unsaturated/α-hetero) is 1. The number of thioether (sulfide) groups is 1. The number of carbonyl (C=O) groups excluding carboxylic acids is 1. The molecule has 2 aromatic rings. The van der Waals surface area contributed by atoms with Crippen LogP contribution in [0.25, 0.3) is 0 Å². The van der Waals surface area contributed by atoms with Crippen LogP contribution in [0.1, 0.15) is 63.7 Å². The minimum atomic E-state index is -1.88. The second-order valence-corrected chi connectivity index (χ2v) is 17.4. The summed E-state index contributed by atoms with van der Waals surface area (Å²) in [4.78, 5) is 17.3. The van der Waals surface area contributed by atoms with E-state index in [1.807, 2.05) is 36.0 Å². The molecule has 4 rings (SSSR count). The average molecular weight is 482 g/mol. The molecule has 2 aliphatic heterocycles. The van der Waals surface area contributed by atoms with Crippen molar-refractivity contribution in [2.45, 2.75) is 99.8 Å². The highest BCUT2D eigenvalue weighted by Crippen LogP contribution is 2.43. The summed E-state index contributed by atoms with van der Waals surface area (Å²) in [7, 11) is -1.88. The van der Waals surface area contributed by atoms with E-state index >= 15 is 0 Å². The topological polar surface area (TPSA) is 29.5 Å². The van der Waals surface area contributed by atoms with Crippen molar-refractivity contribution in [3.63, 3.8) is 0 Å². The smallest absolute Gasteiger partial charge is 0.250 e. The van der Waals surface area contributed by atoms with Gasteiger partial charge in [0.1, 0.15) is 5.75 Å². The number of nitrogens with zero attached hydrogens (tertiary/aromatic N) is 1. The quantitative estimate of drug-likeness (QED) is 0.304. The van der Waals surface area contributed by atoms with Gasteiger partial charge in [-0.15, -0.1) is 11.8 Å². The zero-order valence-electron chi connectivity index (χ0n) is 21.0. The highest BCUT2D eigenvalue weighted by molar-refractivity contribution is 8.00. The van der Waals surface area contributed by atoms with Crippen LogP contribution in [0.15, 0.2) is 59.5 Å². The molecule has 0 amide bonds. The summed E-state index contributed by atoms with van der Waals surface area (Å²) in [6.07, 6.45) is 4.78.